The highest BCUT2D eigenvalue weighted by Gasteiger charge is 2.20. The van der Waals surface area contributed by atoms with Gasteiger partial charge in [-0.15, -0.1) is 5.10 Å². The maximum absolute atomic E-state index is 12.5. The second kappa shape index (κ2) is 11.5. The number of hydrogen-bond donors (Lipinski definition) is 2. The number of nitrogens with zero attached hydrogens (tertiary/aromatic N) is 5. The molecule has 2 amide bonds. The average molecular weight is 512 g/mol. The zero-order valence-corrected chi connectivity index (χ0v) is 21.1. The van der Waals surface area contributed by atoms with Gasteiger partial charge in [-0.3, -0.25) is 9.78 Å². The normalized spacial score (nSPS) is 13.2. The fourth-order valence-corrected chi connectivity index (χ4v) is 4.31. The van der Waals surface area contributed by atoms with Crippen LogP contribution in [0.25, 0.3) is 11.2 Å². The van der Waals surface area contributed by atoms with Crippen molar-refractivity contribution in [3.8, 4) is 0 Å². The third-order valence-corrected chi connectivity index (χ3v) is 6.27. The molecule has 0 aliphatic carbocycles. The quantitative estimate of drug-likeness (QED) is 0.366. The minimum absolute atomic E-state index is 0.127. The van der Waals surface area contributed by atoms with Crippen molar-refractivity contribution >= 4 is 34.9 Å². The molecule has 0 radical (unpaired) electrons. The summed E-state index contributed by atoms with van der Waals surface area (Å²) in [5.74, 6) is 0.328. The lowest BCUT2D eigenvalue weighted by molar-refractivity contribution is 0.0953. The number of nitrogens with one attached hydrogen (secondary N) is 2. The van der Waals surface area contributed by atoms with Gasteiger partial charge < -0.3 is 20.3 Å². The molecule has 1 aliphatic heterocycles. The van der Waals surface area contributed by atoms with Crippen LogP contribution in [-0.4, -0.2) is 62.7 Å². The van der Waals surface area contributed by atoms with E-state index < -0.39 is 0 Å². The van der Waals surface area contributed by atoms with Crippen molar-refractivity contribution in [2.75, 3.05) is 31.6 Å². The molecular formula is C28H29N7O3. The Morgan fingerprint density at radius 3 is 2.71 bits per heavy atom. The predicted octanol–water partition coefficient (Wildman–Crippen LogP) is 4.09. The van der Waals surface area contributed by atoms with E-state index in [1.165, 1.54) is 0 Å². The van der Waals surface area contributed by atoms with Crippen molar-refractivity contribution in [2.24, 2.45) is 0 Å². The summed E-state index contributed by atoms with van der Waals surface area (Å²) in [7, 11) is 0. The van der Waals surface area contributed by atoms with Crippen LogP contribution in [0, 0.1) is 0 Å². The first-order valence-electron chi connectivity index (χ1n) is 12.6. The van der Waals surface area contributed by atoms with Gasteiger partial charge in [0.25, 0.3) is 5.91 Å². The molecule has 3 aromatic heterocycles. The Kier molecular flexibility index (Phi) is 7.58. The Labute approximate surface area is 220 Å². The van der Waals surface area contributed by atoms with Crippen LogP contribution in [0.1, 0.15) is 34.8 Å². The van der Waals surface area contributed by atoms with Gasteiger partial charge in [-0.25, -0.2) is 9.31 Å². The molecular weight excluding hydrogens is 482 g/mol. The van der Waals surface area contributed by atoms with Gasteiger partial charge in [0.1, 0.15) is 0 Å². The number of carbonyl (C=O) groups excluding carboxylic acids is 2. The molecule has 0 saturated carbocycles. The first kappa shape index (κ1) is 24.9. The average Bonchev–Trinajstić information content (AvgIpc) is 3.37. The zero-order chi connectivity index (χ0) is 26.3. The molecule has 5 rings (SSSR count). The molecule has 0 unspecified atom stereocenters. The Bertz CT molecular complexity index is 1450. The highest BCUT2D eigenvalue weighted by Crippen LogP contribution is 2.26. The number of fused-ring (bicyclic) bond motifs is 1. The minimum Gasteiger partial charge on any atom is -0.450 e. The number of benzene rings is 1. The van der Waals surface area contributed by atoms with E-state index in [0.29, 0.717) is 44.2 Å². The third-order valence-electron chi connectivity index (χ3n) is 6.27. The molecule has 194 valence electrons. The zero-order valence-electron chi connectivity index (χ0n) is 21.1. The van der Waals surface area contributed by atoms with Crippen molar-refractivity contribution in [1.82, 2.24) is 29.8 Å². The number of anilines is 2. The summed E-state index contributed by atoms with van der Waals surface area (Å²) < 4.78 is 6.84. The second-order valence-electron chi connectivity index (χ2n) is 8.82. The Hall–Kier alpha value is -4.73. The minimum atomic E-state index is -0.289. The lowest BCUT2D eigenvalue weighted by Crippen LogP contribution is -2.35. The van der Waals surface area contributed by atoms with Gasteiger partial charge in [-0.05, 0) is 73.4 Å². The number of aromatic nitrogens is 4. The molecule has 0 spiro atoms. The molecule has 1 aromatic carbocycles. The Morgan fingerprint density at radius 2 is 1.97 bits per heavy atom. The van der Waals surface area contributed by atoms with Crippen molar-refractivity contribution < 1.29 is 14.3 Å². The summed E-state index contributed by atoms with van der Waals surface area (Å²) >= 11 is 0. The second-order valence-corrected chi connectivity index (χ2v) is 8.82. The van der Waals surface area contributed by atoms with Crippen LogP contribution in [0.4, 0.5) is 16.4 Å². The summed E-state index contributed by atoms with van der Waals surface area (Å²) in [5, 5.41) is 10.7. The van der Waals surface area contributed by atoms with E-state index in [2.05, 4.69) is 20.7 Å². The van der Waals surface area contributed by atoms with Gasteiger partial charge in [0.05, 0.1) is 6.61 Å². The molecule has 0 saturated heterocycles. The molecule has 1 aliphatic rings. The van der Waals surface area contributed by atoms with Gasteiger partial charge in [0.15, 0.2) is 5.65 Å². The van der Waals surface area contributed by atoms with Crippen LogP contribution < -0.4 is 10.6 Å². The largest absolute Gasteiger partial charge is 0.450 e. The highest BCUT2D eigenvalue weighted by atomic mass is 16.6. The van der Waals surface area contributed by atoms with E-state index >= 15 is 0 Å². The molecule has 0 bridgehead atoms. The summed E-state index contributed by atoms with van der Waals surface area (Å²) in [6.07, 6.45) is 8.57. The SMILES string of the molecule is CCOC(=O)N1CC=C(c2cccn3nc(Nc4ccc(C(=O)NCCc5cccnc5)cc4)nc23)CC1. The van der Waals surface area contributed by atoms with Gasteiger partial charge in [-0.2, -0.15) is 4.98 Å². The lowest BCUT2D eigenvalue weighted by Gasteiger charge is -2.25. The van der Waals surface area contributed by atoms with Crippen LogP contribution in [0.3, 0.4) is 0 Å². The maximum atomic E-state index is 12.5. The van der Waals surface area contributed by atoms with Crippen LogP contribution in [0.15, 0.2) is 73.2 Å². The summed E-state index contributed by atoms with van der Waals surface area (Å²) in [6, 6.07) is 15.0. The topological polar surface area (TPSA) is 114 Å². The number of rotatable bonds is 8. The third kappa shape index (κ3) is 5.80. The number of amides is 2. The van der Waals surface area contributed by atoms with Crippen LogP contribution >= 0.6 is 0 Å². The predicted molar refractivity (Wildman–Crippen MR) is 144 cm³/mol. The molecule has 38 heavy (non-hydrogen) atoms. The molecule has 4 heterocycles. The summed E-state index contributed by atoms with van der Waals surface area (Å²) in [6.45, 7) is 3.80. The van der Waals surface area contributed by atoms with Gasteiger partial charge in [0, 0.05) is 55.0 Å². The number of pyridine rings is 2. The van der Waals surface area contributed by atoms with Crippen molar-refractivity contribution in [3.05, 3.63) is 89.9 Å². The van der Waals surface area contributed by atoms with E-state index in [-0.39, 0.29) is 12.0 Å². The molecule has 10 nitrogen and oxygen atoms in total. The monoisotopic (exact) mass is 511 g/mol. The van der Waals surface area contributed by atoms with E-state index in [1.54, 1.807) is 40.9 Å². The fraction of sp³-hybridized carbons (Fsp3) is 0.250. The van der Waals surface area contributed by atoms with Gasteiger partial charge in [0.2, 0.25) is 5.95 Å². The first-order valence-corrected chi connectivity index (χ1v) is 12.6. The molecule has 0 atom stereocenters. The Balaban J connectivity index is 1.22. The number of hydrogen-bond acceptors (Lipinski definition) is 7. The molecule has 0 fully saturated rings. The standard InChI is InChI=1S/C28H29N7O3/c1-2-38-28(37)34-17-12-21(13-18-34)24-6-4-16-35-25(24)32-27(33-35)31-23-9-7-22(8-10-23)26(36)30-15-11-20-5-3-14-29-19-20/h3-10,12,14,16,19H,2,11,13,15,17-18H2,1H3,(H,30,36)(H,31,33). The van der Waals surface area contributed by atoms with Crippen LogP contribution in [0.5, 0.6) is 0 Å². The maximum Gasteiger partial charge on any atom is 0.410 e. The van der Waals surface area contributed by atoms with Crippen molar-refractivity contribution in [1.29, 1.82) is 0 Å². The van der Waals surface area contributed by atoms with Crippen LogP contribution in [-0.2, 0) is 11.2 Å². The van der Waals surface area contributed by atoms with E-state index in [1.807, 2.05) is 48.7 Å². The van der Waals surface area contributed by atoms with Gasteiger partial charge in [-0.1, -0.05) is 12.1 Å². The van der Waals surface area contributed by atoms with E-state index in [0.717, 1.165) is 34.5 Å². The van der Waals surface area contributed by atoms with Crippen molar-refractivity contribution in [2.45, 2.75) is 19.8 Å². The number of carbonyl (C=O) groups is 2. The van der Waals surface area contributed by atoms with Crippen molar-refractivity contribution in [3.63, 3.8) is 0 Å². The van der Waals surface area contributed by atoms with E-state index in [4.69, 9.17) is 9.72 Å². The lowest BCUT2D eigenvalue weighted by atomic mass is 10.0. The first-order chi connectivity index (χ1) is 18.6. The smallest absolute Gasteiger partial charge is 0.410 e. The highest BCUT2D eigenvalue weighted by molar-refractivity contribution is 5.94. The summed E-state index contributed by atoms with van der Waals surface area (Å²) in [5.41, 5.74) is 5.26. The fourth-order valence-electron chi connectivity index (χ4n) is 4.31. The summed E-state index contributed by atoms with van der Waals surface area (Å²) in [4.78, 5) is 35.0. The molecule has 4 aromatic rings. The van der Waals surface area contributed by atoms with Crippen LogP contribution in [0.2, 0.25) is 0 Å². The Morgan fingerprint density at radius 1 is 1.11 bits per heavy atom. The number of ether oxygens (including phenoxy) is 1. The molecule has 2 N–H and O–H groups in total. The van der Waals surface area contributed by atoms with Gasteiger partial charge >= 0.3 is 6.09 Å². The van der Waals surface area contributed by atoms with E-state index in [9.17, 15) is 9.59 Å². The molecule has 10 heteroatoms.